The number of hydrogen-bond donors (Lipinski definition) is 2. The molecule has 3 amide bonds. The van der Waals surface area contributed by atoms with Crippen LogP contribution in [0.3, 0.4) is 0 Å². The van der Waals surface area contributed by atoms with Gasteiger partial charge in [0.15, 0.2) is 0 Å². The molecule has 8 heteroatoms. The van der Waals surface area contributed by atoms with Gasteiger partial charge in [0.1, 0.15) is 12.3 Å². The summed E-state index contributed by atoms with van der Waals surface area (Å²) >= 11 is 1.58. The van der Waals surface area contributed by atoms with Crippen LogP contribution in [0.2, 0.25) is 0 Å². The zero-order valence-corrected chi connectivity index (χ0v) is 18.8. The van der Waals surface area contributed by atoms with Crippen molar-refractivity contribution in [3.63, 3.8) is 0 Å². The number of urea groups is 1. The fraction of sp³-hybridized carbons (Fsp3) is 0.375. The molecule has 2 N–H and O–H groups in total. The van der Waals surface area contributed by atoms with E-state index in [0.29, 0.717) is 38.5 Å². The van der Waals surface area contributed by atoms with Gasteiger partial charge >= 0.3 is 6.03 Å². The Hall–Kier alpha value is -2.84. The highest BCUT2D eigenvalue weighted by Crippen LogP contribution is 2.13. The number of morpholine rings is 1. The zero-order chi connectivity index (χ0) is 22.6. The van der Waals surface area contributed by atoms with Crippen molar-refractivity contribution in [2.24, 2.45) is 0 Å². The summed E-state index contributed by atoms with van der Waals surface area (Å²) in [5.41, 5.74) is 2.09. The molecule has 1 aliphatic heterocycles. The third-order valence-corrected chi connectivity index (χ3v) is 6.23. The summed E-state index contributed by atoms with van der Waals surface area (Å²) in [4.78, 5) is 39.0. The molecule has 1 fully saturated rings. The number of aldehydes is 1. The standard InChI is InChI=1S/C24H29N3O4S/c28-16-21(18-32-17-20-9-5-2-6-10-20)25-23(29)22(15-19-7-3-1-4-8-19)26-24(30)27-11-13-31-14-12-27/h1-10,16,21-22H,11-15,17-18H2,(H,25,29)(H,26,30)/t21-,22+/m1/s1. The van der Waals surface area contributed by atoms with Crippen LogP contribution < -0.4 is 10.6 Å². The van der Waals surface area contributed by atoms with E-state index < -0.39 is 12.1 Å². The number of carbonyl (C=O) groups excluding carboxylic acids is 3. The van der Waals surface area contributed by atoms with Gasteiger partial charge in [0.2, 0.25) is 5.91 Å². The van der Waals surface area contributed by atoms with Gasteiger partial charge < -0.3 is 25.1 Å². The summed E-state index contributed by atoms with van der Waals surface area (Å²) in [6, 6.07) is 17.7. The van der Waals surface area contributed by atoms with Gasteiger partial charge in [-0.05, 0) is 11.1 Å². The fourth-order valence-corrected chi connectivity index (χ4v) is 4.30. The Morgan fingerprint density at radius 2 is 1.59 bits per heavy atom. The topological polar surface area (TPSA) is 87.7 Å². The molecule has 0 spiro atoms. The lowest BCUT2D eigenvalue weighted by Gasteiger charge is -2.29. The van der Waals surface area contributed by atoms with E-state index in [-0.39, 0.29) is 11.9 Å². The highest BCUT2D eigenvalue weighted by atomic mass is 32.2. The molecule has 3 rings (SSSR count). The van der Waals surface area contributed by atoms with Crippen molar-refractivity contribution in [3.8, 4) is 0 Å². The number of benzene rings is 2. The first kappa shape index (κ1) is 23.8. The second-order valence-electron chi connectivity index (χ2n) is 7.54. The molecule has 7 nitrogen and oxygen atoms in total. The van der Waals surface area contributed by atoms with Gasteiger partial charge in [0, 0.05) is 31.0 Å². The van der Waals surface area contributed by atoms with Crippen molar-refractivity contribution in [1.29, 1.82) is 0 Å². The summed E-state index contributed by atoms with van der Waals surface area (Å²) in [7, 11) is 0. The first-order valence-corrected chi connectivity index (χ1v) is 11.9. The summed E-state index contributed by atoms with van der Waals surface area (Å²) in [5, 5.41) is 5.64. The van der Waals surface area contributed by atoms with Gasteiger partial charge in [-0.3, -0.25) is 4.79 Å². The number of amides is 3. The monoisotopic (exact) mass is 455 g/mol. The molecule has 0 aromatic heterocycles. The zero-order valence-electron chi connectivity index (χ0n) is 17.9. The number of carbonyl (C=O) groups is 3. The van der Waals surface area contributed by atoms with Gasteiger partial charge in [-0.2, -0.15) is 11.8 Å². The quantitative estimate of drug-likeness (QED) is 0.537. The third kappa shape index (κ3) is 7.69. The summed E-state index contributed by atoms with van der Waals surface area (Å²) in [6.07, 6.45) is 1.09. The SMILES string of the molecule is O=C[C@H](CSCc1ccccc1)NC(=O)[C@H](Cc1ccccc1)NC(=O)N1CCOCC1. The first-order chi connectivity index (χ1) is 15.7. The Labute approximate surface area is 192 Å². The Kier molecular flexibility index (Phi) is 9.59. The maximum absolute atomic E-state index is 13.0. The summed E-state index contributed by atoms with van der Waals surface area (Å²) < 4.78 is 5.29. The highest BCUT2D eigenvalue weighted by Gasteiger charge is 2.26. The predicted octanol–water partition coefficient (Wildman–Crippen LogP) is 2.26. The highest BCUT2D eigenvalue weighted by molar-refractivity contribution is 7.98. The molecule has 1 saturated heterocycles. The minimum atomic E-state index is -0.783. The predicted molar refractivity (Wildman–Crippen MR) is 125 cm³/mol. The van der Waals surface area contributed by atoms with E-state index >= 15 is 0 Å². The minimum Gasteiger partial charge on any atom is -0.378 e. The number of hydrogen-bond acceptors (Lipinski definition) is 5. The normalized spacial score (nSPS) is 15.4. The van der Waals surface area contributed by atoms with Crippen LogP contribution in [0.4, 0.5) is 4.79 Å². The van der Waals surface area contributed by atoms with Crippen LogP contribution in [0.1, 0.15) is 11.1 Å². The first-order valence-electron chi connectivity index (χ1n) is 10.7. The van der Waals surface area contributed by atoms with E-state index in [1.54, 1.807) is 16.7 Å². The lowest BCUT2D eigenvalue weighted by Crippen LogP contribution is -2.55. The molecule has 2 aromatic rings. The number of ether oxygens (including phenoxy) is 1. The van der Waals surface area contributed by atoms with Crippen molar-refractivity contribution >= 4 is 30.0 Å². The summed E-state index contributed by atoms with van der Waals surface area (Å²) in [6.45, 7) is 1.93. The largest absolute Gasteiger partial charge is 0.378 e. The molecule has 0 radical (unpaired) electrons. The van der Waals surface area contributed by atoms with Crippen molar-refractivity contribution in [2.45, 2.75) is 24.3 Å². The van der Waals surface area contributed by atoms with Gasteiger partial charge in [0.05, 0.1) is 19.3 Å². The molecule has 0 unspecified atom stereocenters. The van der Waals surface area contributed by atoms with Crippen molar-refractivity contribution in [2.75, 3.05) is 32.1 Å². The molecule has 32 heavy (non-hydrogen) atoms. The second-order valence-corrected chi connectivity index (χ2v) is 8.57. The van der Waals surface area contributed by atoms with Crippen LogP contribution in [0, 0.1) is 0 Å². The molecule has 1 heterocycles. The van der Waals surface area contributed by atoms with E-state index in [2.05, 4.69) is 10.6 Å². The summed E-state index contributed by atoms with van der Waals surface area (Å²) in [5.74, 6) is 0.842. The molecule has 2 atom stereocenters. The Morgan fingerprint density at radius 3 is 2.22 bits per heavy atom. The molecule has 1 aliphatic rings. The van der Waals surface area contributed by atoms with Crippen LogP contribution in [0.5, 0.6) is 0 Å². The van der Waals surface area contributed by atoms with Crippen LogP contribution in [0.25, 0.3) is 0 Å². The molecular weight excluding hydrogens is 426 g/mol. The van der Waals surface area contributed by atoms with Crippen molar-refractivity contribution < 1.29 is 19.1 Å². The van der Waals surface area contributed by atoms with Crippen LogP contribution >= 0.6 is 11.8 Å². The average Bonchev–Trinajstić information content (AvgIpc) is 2.84. The molecular formula is C24H29N3O4S. The number of thioether (sulfide) groups is 1. The molecule has 0 aliphatic carbocycles. The lowest BCUT2D eigenvalue weighted by atomic mass is 10.1. The average molecular weight is 456 g/mol. The smallest absolute Gasteiger partial charge is 0.318 e. The maximum Gasteiger partial charge on any atom is 0.318 e. The number of rotatable bonds is 10. The minimum absolute atomic E-state index is 0.300. The van der Waals surface area contributed by atoms with E-state index in [1.165, 1.54) is 0 Å². The van der Waals surface area contributed by atoms with E-state index in [4.69, 9.17) is 4.74 Å². The lowest BCUT2D eigenvalue weighted by molar-refractivity contribution is -0.125. The van der Waals surface area contributed by atoms with Crippen LogP contribution in [0.15, 0.2) is 60.7 Å². The second kappa shape index (κ2) is 12.9. The maximum atomic E-state index is 13.0. The fourth-order valence-electron chi connectivity index (χ4n) is 3.34. The van der Waals surface area contributed by atoms with E-state index in [1.807, 2.05) is 60.7 Å². The van der Waals surface area contributed by atoms with Crippen LogP contribution in [-0.2, 0) is 26.5 Å². The van der Waals surface area contributed by atoms with Gasteiger partial charge in [-0.25, -0.2) is 4.79 Å². The van der Waals surface area contributed by atoms with Crippen LogP contribution in [-0.4, -0.2) is 67.3 Å². The van der Waals surface area contributed by atoms with Gasteiger partial charge in [-0.15, -0.1) is 0 Å². The van der Waals surface area contributed by atoms with Gasteiger partial charge in [0.25, 0.3) is 0 Å². The molecule has 170 valence electrons. The number of nitrogens with one attached hydrogen (secondary N) is 2. The Morgan fingerprint density at radius 1 is 0.969 bits per heavy atom. The van der Waals surface area contributed by atoms with Crippen molar-refractivity contribution in [3.05, 3.63) is 71.8 Å². The van der Waals surface area contributed by atoms with E-state index in [0.717, 1.165) is 23.2 Å². The van der Waals surface area contributed by atoms with Gasteiger partial charge in [-0.1, -0.05) is 60.7 Å². The van der Waals surface area contributed by atoms with E-state index in [9.17, 15) is 14.4 Å². The third-order valence-electron chi connectivity index (χ3n) is 5.10. The molecule has 2 aromatic carbocycles. The number of nitrogens with zero attached hydrogens (tertiary/aromatic N) is 1. The molecule has 0 bridgehead atoms. The Bertz CT molecular complexity index is 860. The van der Waals surface area contributed by atoms with Crippen molar-refractivity contribution in [1.82, 2.24) is 15.5 Å². The Balaban J connectivity index is 1.59. The molecule has 0 saturated carbocycles.